The average Bonchev–Trinajstić information content (AvgIpc) is 2.83. The maximum Gasteiger partial charge on any atom is 0.180 e. The molecule has 2 aromatic carbocycles. The molecule has 0 aliphatic heterocycles. The van der Waals surface area contributed by atoms with Crippen molar-refractivity contribution in [1.82, 2.24) is 9.55 Å². The topological polar surface area (TPSA) is 27.1 Å². The Kier molecular flexibility index (Phi) is 2.48. The fourth-order valence-corrected chi connectivity index (χ4v) is 2.03. The van der Waals surface area contributed by atoms with Gasteiger partial charge in [-0.2, -0.15) is 0 Å². The molecule has 0 unspecified atom stereocenters. The van der Waals surface area contributed by atoms with Crippen molar-refractivity contribution in [3.8, 4) is 11.4 Å². The van der Waals surface area contributed by atoms with Crippen LogP contribution in [0.15, 0.2) is 48.8 Å². The van der Waals surface area contributed by atoms with Gasteiger partial charge in [-0.1, -0.05) is 18.2 Å². The highest BCUT2D eigenvalue weighted by Gasteiger charge is 2.14. The Balaban J connectivity index is 2.34. The zero-order valence-electron chi connectivity index (χ0n) is 9.80. The van der Waals surface area contributed by atoms with Crippen LogP contribution in [0, 0.1) is 5.82 Å². The number of fused-ring (bicyclic) bond motifs is 1. The van der Waals surface area contributed by atoms with Crippen molar-refractivity contribution >= 4 is 11.0 Å². The fourth-order valence-electron chi connectivity index (χ4n) is 2.03. The lowest BCUT2D eigenvalue weighted by atomic mass is 10.2. The van der Waals surface area contributed by atoms with Gasteiger partial charge in [0, 0.05) is 5.69 Å². The molecule has 0 aliphatic carbocycles. The summed E-state index contributed by atoms with van der Waals surface area (Å²) in [6, 6.07) is 12.7. The van der Waals surface area contributed by atoms with Crippen LogP contribution in [0.5, 0.6) is 5.75 Å². The van der Waals surface area contributed by atoms with Gasteiger partial charge in [-0.05, 0) is 24.3 Å². The monoisotopic (exact) mass is 242 g/mol. The lowest BCUT2D eigenvalue weighted by Crippen LogP contribution is -1.96. The molecule has 0 fully saturated rings. The number of hydrogen-bond donors (Lipinski definition) is 0. The van der Waals surface area contributed by atoms with Crippen LogP contribution < -0.4 is 4.74 Å². The van der Waals surface area contributed by atoms with Crippen LogP contribution in [0.2, 0.25) is 0 Å². The molecule has 4 heteroatoms. The second-order valence-corrected chi connectivity index (χ2v) is 3.90. The molecular weight excluding hydrogens is 231 g/mol. The van der Waals surface area contributed by atoms with Crippen molar-refractivity contribution in [2.75, 3.05) is 7.11 Å². The summed E-state index contributed by atoms with van der Waals surface area (Å²) in [7, 11) is 1.46. The van der Waals surface area contributed by atoms with Gasteiger partial charge in [0.2, 0.25) is 0 Å². The zero-order chi connectivity index (χ0) is 12.5. The maximum atomic E-state index is 13.7. The van der Waals surface area contributed by atoms with E-state index in [4.69, 9.17) is 4.74 Å². The van der Waals surface area contributed by atoms with Gasteiger partial charge in [0.05, 0.1) is 12.6 Å². The molecular formula is C14H11FN2O. The Morgan fingerprint density at radius 1 is 1.11 bits per heavy atom. The number of imidazole rings is 1. The molecule has 0 radical (unpaired) electrons. The summed E-state index contributed by atoms with van der Waals surface area (Å²) in [5, 5.41) is 0. The molecule has 0 atom stereocenters. The van der Waals surface area contributed by atoms with Gasteiger partial charge < -0.3 is 4.74 Å². The van der Waals surface area contributed by atoms with E-state index >= 15 is 0 Å². The normalized spacial score (nSPS) is 10.8. The number of methoxy groups -OCH3 is 1. The van der Waals surface area contributed by atoms with E-state index in [1.807, 2.05) is 34.9 Å². The van der Waals surface area contributed by atoms with E-state index in [1.54, 1.807) is 12.4 Å². The van der Waals surface area contributed by atoms with Gasteiger partial charge in [0.25, 0.3) is 0 Å². The van der Waals surface area contributed by atoms with Crippen molar-refractivity contribution in [1.29, 1.82) is 0 Å². The number of nitrogens with zero attached hydrogens (tertiary/aromatic N) is 2. The third-order valence-corrected chi connectivity index (χ3v) is 2.85. The third kappa shape index (κ3) is 1.54. The van der Waals surface area contributed by atoms with Gasteiger partial charge in [-0.15, -0.1) is 0 Å². The van der Waals surface area contributed by atoms with Crippen molar-refractivity contribution in [3.05, 3.63) is 54.6 Å². The van der Waals surface area contributed by atoms with Crippen LogP contribution in [0.1, 0.15) is 0 Å². The van der Waals surface area contributed by atoms with Crippen LogP contribution in [0.4, 0.5) is 4.39 Å². The third-order valence-electron chi connectivity index (χ3n) is 2.85. The number of rotatable bonds is 2. The van der Waals surface area contributed by atoms with Gasteiger partial charge in [0.15, 0.2) is 11.6 Å². The molecule has 0 amide bonds. The number of halogens is 1. The first kappa shape index (κ1) is 10.8. The highest BCUT2D eigenvalue weighted by atomic mass is 19.1. The number of benzene rings is 2. The Bertz CT molecular complexity index is 692. The molecule has 0 bridgehead atoms. The standard InChI is InChI=1S/C14H11FN2O/c1-18-14-11(15)7-8-12-13(14)17(9-16-12)10-5-3-2-4-6-10/h2-9H,1H3. The molecule has 90 valence electrons. The molecule has 3 nitrogen and oxygen atoms in total. The molecule has 0 saturated carbocycles. The Morgan fingerprint density at radius 2 is 1.89 bits per heavy atom. The van der Waals surface area contributed by atoms with E-state index in [0.29, 0.717) is 11.0 Å². The quantitative estimate of drug-likeness (QED) is 0.690. The van der Waals surface area contributed by atoms with Gasteiger partial charge in [-0.25, -0.2) is 9.37 Å². The van der Waals surface area contributed by atoms with Crippen molar-refractivity contribution in [2.45, 2.75) is 0 Å². The number of aromatic nitrogens is 2. The molecule has 3 rings (SSSR count). The van der Waals surface area contributed by atoms with E-state index in [2.05, 4.69) is 4.98 Å². The van der Waals surface area contributed by atoms with E-state index in [-0.39, 0.29) is 11.6 Å². The van der Waals surface area contributed by atoms with Crippen LogP contribution in [0.3, 0.4) is 0 Å². The van der Waals surface area contributed by atoms with Crippen LogP contribution in [-0.4, -0.2) is 16.7 Å². The molecule has 0 spiro atoms. The molecule has 0 saturated heterocycles. The predicted molar refractivity (Wildman–Crippen MR) is 67.6 cm³/mol. The highest BCUT2D eigenvalue weighted by molar-refractivity contribution is 5.84. The number of hydrogen-bond acceptors (Lipinski definition) is 2. The summed E-state index contributed by atoms with van der Waals surface area (Å²) >= 11 is 0. The molecule has 3 aromatic rings. The number of ether oxygens (including phenoxy) is 1. The summed E-state index contributed by atoms with van der Waals surface area (Å²) in [6.45, 7) is 0. The Labute approximate surface area is 103 Å². The second-order valence-electron chi connectivity index (χ2n) is 3.90. The van der Waals surface area contributed by atoms with Crippen molar-refractivity contribution < 1.29 is 9.13 Å². The zero-order valence-corrected chi connectivity index (χ0v) is 9.80. The molecule has 1 aromatic heterocycles. The van der Waals surface area contributed by atoms with Gasteiger partial charge in [-0.3, -0.25) is 4.57 Å². The minimum Gasteiger partial charge on any atom is -0.491 e. The van der Waals surface area contributed by atoms with Crippen LogP contribution in [-0.2, 0) is 0 Å². The minimum atomic E-state index is -0.386. The van der Waals surface area contributed by atoms with E-state index < -0.39 is 0 Å². The van der Waals surface area contributed by atoms with E-state index in [9.17, 15) is 4.39 Å². The summed E-state index contributed by atoms with van der Waals surface area (Å²) in [6.07, 6.45) is 1.67. The van der Waals surface area contributed by atoms with Gasteiger partial charge >= 0.3 is 0 Å². The summed E-state index contributed by atoms with van der Waals surface area (Å²) in [5.74, 6) is -0.170. The Morgan fingerprint density at radius 3 is 2.61 bits per heavy atom. The first-order valence-corrected chi connectivity index (χ1v) is 5.56. The van der Waals surface area contributed by atoms with Crippen LogP contribution in [0.25, 0.3) is 16.7 Å². The van der Waals surface area contributed by atoms with E-state index in [1.165, 1.54) is 13.2 Å². The SMILES string of the molecule is COc1c(F)ccc2ncn(-c3ccccc3)c12. The highest BCUT2D eigenvalue weighted by Crippen LogP contribution is 2.29. The summed E-state index contributed by atoms with van der Waals surface area (Å²) < 4.78 is 20.7. The lowest BCUT2D eigenvalue weighted by molar-refractivity contribution is 0.390. The smallest absolute Gasteiger partial charge is 0.180 e. The first-order valence-electron chi connectivity index (χ1n) is 5.56. The van der Waals surface area contributed by atoms with Gasteiger partial charge in [0.1, 0.15) is 11.8 Å². The summed E-state index contributed by atoms with van der Waals surface area (Å²) in [4.78, 5) is 4.26. The predicted octanol–water partition coefficient (Wildman–Crippen LogP) is 3.17. The second kappa shape index (κ2) is 4.14. The maximum absolute atomic E-state index is 13.7. The minimum absolute atomic E-state index is 0.217. The van der Waals surface area contributed by atoms with Crippen molar-refractivity contribution in [3.63, 3.8) is 0 Å². The summed E-state index contributed by atoms with van der Waals surface area (Å²) in [5.41, 5.74) is 2.27. The average molecular weight is 242 g/mol. The fraction of sp³-hybridized carbons (Fsp3) is 0.0714. The largest absolute Gasteiger partial charge is 0.491 e. The van der Waals surface area contributed by atoms with E-state index in [0.717, 1.165) is 5.69 Å². The molecule has 1 heterocycles. The molecule has 18 heavy (non-hydrogen) atoms. The lowest BCUT2D eigenvalue weighted by Gasteiger charge is -2.08. The first-order chi connectivity index (χ1) is 8.81. The number of para-hydroxylation sites is 1. The Hall–Kier alpha value is -2.36. The molecule has 0 N–H and O–H groups in total. The van der Waals surface area contributed by atoms with Crippen LogP contribution >= 0.6 is 0 Å². The van der Waals surface area contributed by atoms with Crippen molar-refractivity contribution in [2.24, 2.45) is 0 Å². The molecule has 0 aliphatic rings.